The topological polar surface area (TPSA) is 113 Å². The van der Waals surface area contributed by atoms with Crippen molar-refractivity contribution < 1.29 is 19.8 Å². The van der Waals surface area contributed by atoms with Gasteiger partial charge in [-0.1, -0.05) is 0 Å². The first kappa shape index (κ1) is 11.9. The molecule has 0 heterocycles. The Hall–Kier alpha value is -1.14. The molecule has 0 aromatic heterocycles. The number of aliphatic carboxylic acids is 1. The van der Waals surface area contributed by atoms with E-state index in [0.717, 1.165) is 12.8 Å². The third-order valence-electron chi connectivity index (χ3n) is 2.60. The molecule has 86 valence electrons. The molecule has 0 radical (unpaired) electrons. The van der Waals surface area contributed by atoms with E-state index in [4.69, 9.17) is 15.9 Å². The van der Waals surface area contributed by atoms with Crippen molar-refractivity contribution in [2.24, 2.45) is 11.7 Å². The van der Waals surface area contributed by atoms with Crippen LogP contribution in [-0.4, -0.2) is 40.8 Å². The van der Waals surface area contributed by atoms with Crippen LogP contribution in [0.15, 0.2) is 0 Å². The molecule has 15 heavy (non-hydrogen) atoms. The zero-order valence-electron chi connectivity index (χ0n) is 8.35. The zero-order valence-corrected chi connectivity index (χ0v) is 8.35. The highest BCUT2D eigenvalue weighted by Crippen LogP contribution is 2.23. The predicted molar refractivity (Wildman–Crippen MR) is 52.0 cm³/mol. The van der Waals surface area contributed by atoms with Crippen molar-refractivity contribution in [3.8, 4) is 0 Å². The van der Waals surface area contributed by atoms with Gasteiger partial charge in [0.05, 0.1) is 6.54 Å². The number of rotatable bonds is 4. The molecule has 0 bridgehead atoms. The van der Waals surface area contributed by atoms with E-state index < -0.39 is 12.1 Å². The third-order valence-corrected chi connectivity index (χ3v) is 2.60. The van der Waals surface area contributed by atoms with Crippen LogP contribution in [0.3, 0.4) is 0 Å². The number of amides is 1. The van der Waals surface area contributed by atoms with Gasteiger partial charge in [-0.25, -0.2) is 4.79 Å². The summed E-state index contributed by atoms with van der Waals surface area (Å²) in [6.07, 6.45) is 0.647. The lowest BCUT2D eigenvalue weighted by Gasteiger charge is -2.11. The maximum Gasteiger partial charge on any atom is 0.334 e. The highest BCUT2D eigenvalue weighted by molar-refractivity contribution is 5.80. The molecule has 0 aromatic carbocycles. The number of carboxylic acid groups (broad SMARTS) is 1. The molecule has 1 aliphatic carbocycles. The van der Waals surface area contributed by atoms with Gasteiger partial charge in [0.15, 0.2) is 6.10 Å². The predicted octanol–water partition coefficient (Wildman–Crippen LogP) is -1.32. The average molecular weight is 216 g/mol. The van der Waals surface area contributed by atoms with Crippen LogP contribution in [0.2, 0.25) is 0 Å². The minimum absolute atomic E-state index is 0.0603. The van der Waals surface area contributed by atoms with Gasteiger partial charge in [0.25, 0.3) is 0 Å². The second-order valence-corrected chi connectivity index (χ2v) is 3.87. The Morgan fingerprint density at radius 1 is 1.47 bits per heavy atom. The van der Waals surface area contributed by atoms with Crippen molar-refractivity contribution in [1.82, 2.24) is 5.32 Å². The van der Waals surface area contributed by atoms with Gasteiger partial charge in [-0.3, -0.25) is 4.79 Å². The minimum Gasteiger partial charge on any atom is -0.479 e. The monoisotopic (exact) mass is 216 g/mol. The van der Waals surface area contributed by atoms with Gasteiger partial charge in [0.2, 0.25) is 5.91 Å². The molecule has 1 fully saturated rings. The van der Waals surface area contributed by atoms with Gasteiger partial charge in [-0.05, 0) is 19.3 Å². The molecule has 1 amide bonds. The zero-order chi connectivity index (χ0) is 11.4. The van der Waals surface area contributed by atoms with Gasteiger partial charge in [-0.15, -0.1) is 0 Å². The fourth-order valence-electron chi connectivity index (χ4n) is 1.68. The van der Waals surface area contributed by atoms with Crippen molar-refractivity contribution >= 4 is 11.9 Å². The lowest BCUT2D eigenvalue weighted by Crippen LogP contribution is -2.39. The van der Waals surface area contributed by atoms with Crippen molar-refractivity contribution in [3.05, 3.63) is 0 Å². The standard InChI is InChI=1S/C9H16N2O4/c10-6-2-1-5(3-6)8(13)11-4-7(12)9(14)15/h5-7,12H,1-4,10H2,(H,11,13)(H,14,15)/t5?,6?,7-/m0/s1. The number of carboxylic acids is 1. The maximum absolute atomic E-state index is 11.4. The third kappa shape index (κ3) is 3.49. The summed E-state index contributed by atoms with van der Waals surface area (Å²) >= 11 is 0. The molecular weight excluding hydrogens is 200 g/mol. The Labute approximate surface area is 87.5 Å². The van der Waals surface area contributed by atoms with Crippen LogP contribution >= 0.6 is 0 Å². The molecule has 5 N–H and O–H groups in total. The first-order valence-corrected chi connectivity index (χ1v) is 4.95. The van der Waals surface area contributed by atoms with Gasteiger partial charge >= 0.3 is 5.97 Å². The lowest BCUT2D eigenvalue weighted by atomic mass is 10.1. The number of carbonyl (C=O) groups excluding carboxylic acids is 1. The SMILES string of the molecule is NC1CCC(C(=O)NC[C@H](O)C(=O)O)C1. The summed E-state index contributed by atoms with van der Waals surface area (Å²) in [6, 6.07) is 0.0603. The number of hydrogen-bond acceptors (Lipinski definition) is 4. The first-order chi connectivity index (χ1) is 7.00. The van der Waals surface area contributed by atoms with Crippen LogP contribution in [0.5, 0.6) is 0 Å². The van der Waals surface area contributed by atoms with E-state index in [-0.39, 0.29) is 24.4 Å². The fraction of sp³-hybridized carbons (Fsp3) is 0.778. The smallest absolute Gasteiger partial charge is 0.334 e. The largest absolute Gasteiger partial charge is 0.479 e. The molecule has 0 saturated heterocycles. The van der Waals surface area contributed by atoms with Crippen LogP contribution in [-0.2, 0) is 9.59 Å². The van der Waals surface area contributed by atoms with E-state index in [1.165, 1.54) is 0 Å². The summed E-state index contributed by atoms with van der Waals surface area (Å²) in [7, 11) is 0. The number of carbonyl (C=O) groups is 2. The molecule has 6 nitrogen and oxygen atoms in total. The van der Waals surface area contributed by atoms with E-state index in [1.807, 2.05) is 0 Å². The fourth-order valence-corrected chi connectivity index (χ4v) is 1.68. The van der Waals surface area contributed by atoms with Crippen molar-refractivity contribution in [1.29, 1.82) is 0 Å². The van der Waals surface area contributed by atoms with Gasteiger partial charge in [-0.2, -0.15) is 0 Å². The number of hydrogen-bond donors (Lipinski definition) is 4. The van der Waals surface area contributed by atoms with Gasteiger partial charge in [0, 0.05) is 12.0 Å². The summed E-state index contributed by atoms with van der Waals surface area (Å²) < 4.78 is 0. The average Bonchev–Trinajstić information content (AvgIpc) is 2.60. The summed E-state index contributed by atoms with van der Waals surface area (Å²) in [4.78, 5) is 21.7. The molecule has 1 saturated carbocycles. The summed E-state index contributed by atoms with van der Waals surface area (Å²) in [6.45, 7) is -0.250. The highest BCUT2D eigenvalue weighted by atomic mass is 16.4. The summed E-state index contributed by atoms with van der Waals surface area (Å²) in [5.41, 5.74) is 5.64. The second kappa shape index (κ2) is 5.09. The molecule has 3 atom stereocenters. The Morgan fingerprint density at radius 2 is 2.13 bits per heavy atom. The van der Waals surface area contributed by atoms with E-state index in [0.29, 0.717) is 6.42 Å². The van der Waals surface area contributed by atoms with E-state index in [1.54, 1.807) is 0 Å². The van der Waals surface area contributed by atoms with Crippen molar-refractivity contribution in [3.63, 3.8) is 0 Å². The van der Waals surface area contributed by atoms with Crippen LogP contribution in [0.1, 0.15) is 19.3 Å². The van der Waals surface area contributed by atoms with E-state index in [9.17, 15) is 9.59 Å². The van der Waals surface area contributed by atoms with Crippen LogP contribution < -0.4 is 11.1 Å². The molecule has 1 aliphatic rings. The minimum atomic E-state index is -1.54. The first-order valence-electron chi connectivity index (χ1n) is 4.95. The number of nitrogens with two attached hydrogens (primary N) is 1. The Kier molecular flexibility index (Phi) is 4.05. The van der Waals surface area contributed by atoms with E-state index in [2.05, 4.69) is 5.32 Å². The van der Waals surface area contributed by atoms with Gasteiger partial charge in [0.1, 0.15) is 0 Å². The van der Waals surface area contributed by atoms with Crippen LogP contribution in [0.4, 0.5) is 0 Å². The summed E-state index contributed by atoms with van der Waals surface area (Å²) in [5, 5.41) is 19.7. The Morgan fingerprint density at radius 3 is 2.60 bits per heavy atom. The summed E-state index contributed by atoms with van der Waals surface area (Å²) in [5.74, 6) is -1.69. The Bertz CT molecular complexity index is 256. The molecular formula is C9H16N2O4. The lowest BCUT2D eigenvalue weighted by molar-refractivity contribution is -0.146. The molecule has 0 aromatic rings. The number of aliphatic hydroxyl groups is 1. The van der Waals surface area contributed by atoms with E-state index >= 15 is 0 Å². The molecule has 0 aliphatic heterocycles. The van der Waals surface area contributed by atoms with Crippen molar-refractivity contribution in [2.75, 3.05) is 6.54 Å². The molecule has 1 rings (SSSR count). The molecule has 0 spiro atoms. The second-order valence-electron chi connectivity index (χ2n) is 3.87. The Balaban J connectivity index is 2.27. The quantitative estimate of drug-likeness (QED) is 0.465. The number of aliphatic hydroxyl groups excluding tert-OH is 1. The normalized spacial score (nSPS) is 27.3. The van der Waals surface area contributed by atoms with Crippen LogP contribution in [0.25, 0.3) is 0 Å². The van der Waals surface area contributed by atoms with Crippen LogP contribution in [0, 0.1) is 5.92 Å². The van der Waals surface area contributed by atoms with Crippen molar-refractivity contribution in [2.45, 2.75) is 31.4 Å². The van der Waals surface area contributed by atoms with Gasteiger partial charge < -0.3 is 21.3 Å². The molecule has 6 heteroatoms. The number of nitrogens with one attached hydrogen (secondary N) is 1. The maximum atomic E-state index is 11.4. The highest BCUT2D eigenvalue weighted by Gasteiger charge is 2.28. The molecule has 2 unspecified atom stereocenters.